The van der Waals surface area contributed by atoms with Crippen molar-refractivity contribution >= 4 is 33.3 Å². The highest BCUT2D eigenvalue weighted by Crippen LogP contribution is 2.29. The van der Waals surface area contributed by atoms with Gasteiger partial charge in [0, 0.05) is 17.7 Å². The van der Waals surface area contributed by atoms with E-state index in [2.05, 4.69) is 15.2 Å². The summed E-state index contributed by atoms with van der Waals surface area (Å²) < 4.78 is 42.3. The Labute approximate surface area is 178 Å². The summed E-state index contributed by atoms with van der Waals surface area (Å²) in [6.07, 6.45) is 1.19. The molecule has 8 nitrogen and oxygen atoms in total. The van der Waals surface area contributed by atoms with Crippen LogP contribution >= 0.6 is 0 Å². The average Bonchev–Trinajstić information content (AvgIpc) is 2.71. The van der Waals surface area contributed by atoms with Crippen LogP contribution in [0.5, 0.6) is 0 Å². The number of nitrogens with one attached hydrogen (secondary N) is 2. The number of sulfonamides is 1. The van der Waals surface area contributed by atoms with Gasteiger partial charge in [0.15, 0.2) is 0 Å². The summed E-state index contributed by atoms with van der Waals surface area (Å²) in [7, 11) is -4.20. The minimum absolute atomic E-state index is 0.00421. The van der Waals surface area contributed by atoms with Crippen LogP contribution in [0.1, 0.15) is 16.7 Å². The van der Waals surface area contributed by atoms with Crippen LogP contribution in [0.15, 0.2) is 70.7 Å². The molecule has 10 heteroatoms. The molecule has 3 aromatic rings. The number of benzene rings is 3. The molecule has 0 radical (unpaired) electrons. The SMILES string of the molecule is Cc1ccc(NS(=O)(=O)c2cc([N+](=O)[O-])ccc2N/N=C\c2ccccc2F)c(C)c1. The first-order valence-electron chi connectivity index (χ1n) is 9.09. The highest BCUT2D eigenvalue weighted by Gasteiger charge is 2.23. The topological polar surface area (TPSA) is 114 Å². The van der Waals surface area contributed by atoms with Crippen molar-refractivity contribution in [3.05, 3.63) is 93.3 Å². The molecule has 0 aliphatic heterocycles. The molecule has 0 heterocycles. The Bertz CT molecular complexity index is 1280. The lowest BCUT2D eigenvalue weighted by atomic mass is 10.1. The predicted molar refractivity (Wildman–Crippen MR) is 117 cm³/mol. The highest BCUT2D eigenvalue weighted by molar-refractivity contribution is 7.92. The Morgan fingerprint density at radius 1 is 1.03 bits per heavy atom. The van der Waals surface area contributed by atoms with Gasteiger partial charge in [-0.3, -0.25) is 20.3 Å². The van der Waals surface area contributed by atoms with E-state index in [1.165, 1.54) is 30.5 Å². The van der Waals surface area contributed by atoms with E-state index in [9.17, 15) is 22.9 Å². The van der Waals surface area contributed by atoms with E-state index >= 15 is 0 Å². The van der Waals surface area contributed by atoms with Gasteiger partial charge in [0.05, 0.1) is 22.5 Å². The zero-order valence-corrected chi connectivity index (χ0v) is 17.5. The maximum absolute atomic E-state index is 13.7. The van der Waals surface area contributed by atoms with Gasteiger partial charge in [0.1, 0.15) is 10.7 Å². The van der Waals surface area contributed by atoms with Crippen LogP contribution in [0.4, 0.5) is 21.5 Å². The van der Waals surface area contributed by atoms with Crippen LogP contribution in [0.2, 0.25) is 0 Å². The summed E-state index contributed by atoms with van der Waals surface area (Å²) in [6.45, 7) is 3.62. The van der Waals surface area contributed by atoms with Gasteiger partial charge in [-0.05, 0) is 37.6 Å². The van der Waals surface area contributed by atoms with E-state index < -0.39 is 26.5 Å². The largest absolute Gasteiger partial charge is 0.279 e. The third-order valence-corrected chi connectivity index (χ3v) is 5.79. The van der Waals surface area contributed by atoms with Crippen molar-refractivity contribution in [1.29, 1.82) is 0 Å². The van der Waals surface area contributed by atoms with Gasteiger partial charge >= 0.3 is 0 Å². The first-order valence-corrected chi connectivity index (χ1v) is 10.6. The number of nitro groups is 1. The molecule has 0 bridgehead atoms. The number of hydrogen-bond acceptors (Lipinski definition) is 6. The Balaban J connectivity index is 1.97. The molecule has 0 amide bonds. The summed E-state index contributed by atoms with van der Waals surface area (Å²) in [6, 6.07) is 14.4. The van der Waals surface area contributed by atoms with Crippen molar-refractivity contribution in [1.82, 2.24) is 0 Å². The second-order valence-corrected chi connectivity index (χ2v) is 8.40. The molecule has 0 spiro atoms. The number of anilines is 2. The molecular formula is C21H19FN4O4S. The minimum atomic E-state index is -4.20. The van der Waals surface area contributed by atoms with Crippen molar-refractivity contribution in [2.45, 2.75) is 18.7 Å². The van der Waals surface area contributed by atoms with Gasteiger partial charge in [0.25, 0.3) is 15.7 Å². The van der Waals surface area contributed by atoms with Crippen molar-refractivity contribution < 1.29 is 17.7 Å². The lowest BCUT2D eigenvalue weighted by Crippen LogP contribution is -2.16. The second-order valence-electron chi connectivity index (χ2n) is 6.75. The van der Waals surface area contributed by atoms with Crippen LogP contribution in [-0.4, -0.2) is 19.6 Å². The lowest BCUT2D eigenvalue weighted by Gasteiger charge is -2.14. The monoisotopic (exact) mass is 442 g/mol. The molecule has 0 aliphatic rings. The Hall–Kier alpha value is -3.79. The molecule has 3 aromatic carbocycles. The van der Waals surface area contributed by atoms with Gasteiger partial charge in [0.2, 0.25) is 0 Å². The van der Waals surface area contributed by atoms with Crippen LogP contribution in [-0.2, 0) is 10.0 Å². The van der Waals surface area contributed by atoms with E-state index in [4.69, 9.17) is 0 Å². The van der Waals surface area contributed by atoms with Gasteiger partial charge in [-0.25, -0.2) is 12.8 Å². The number of halogens is 1. The number of nitro benzene ring substituents is 1. The van der Waals surface area contributed by atoms with Crippen LogP contribution in [0, 0.1) is 29.8 Å². The van der Waals surface area contributed by atoms with E-state index in [1.54, 1.807) is 25.1 Å². The van der Waals surface area contributed by atoms with Gasteiger partial charge in [-0.1, -0.05) is 35.9 Å². The molecule has 0 saturated carbocycles. The van der Waals surface area contributed by atoms with Crippen molar-refractivity contribution in [3.63, 3.8) is 0 Å². The van der Waals surface area contributed by atoms with Crippen molar-refractivity contribution in [2.75, 3.05) is 10.1 Å². The van der Waals surface area contributed by atoms with Crippen molar-refractivity contribution in [2.24, 2.45) is 5.10 Å². The van der Waals surface area contributed by atoms with E-state index in [1.807, 2.05) is 13.0 Å². The molecule has 0 fully saturated rings. The Morgan fingerprint density at radius 2 is 1.74 bits per heavy atom. The van der Waals surface area contributed by atoms with Gasteiger partial charge in [-0.15, -0.1) is 0 Å². The van der Waals surface area contributed by atoms with Gasteiger partial charge in [-0.2, -0.15) is 5.10 Å². The maximum Gasteiger partial charge on any atom is 0.270 e. The maximum atomic E-state index is 13.7. The van der Waals surface area contributed by atoms with E-state index in [0.29, 0.717) is 11.3 Å². The van der Waals surface area contributed by atoms with Crippen LogP contribution in [0.25, 0.3) is 0 Å². The number of aryl methyl sites for hydroxylation is 2. The molecule has 0 aliphatic carbocycles. The molecule has 160 valence electrons. The fourth-order valence-corrected chi connectivity index (χ4v) is 4.13. The number of rotatable bonds is 7. The molecule has 0 saturated heterocycles. The molecule has 2 N–H and O–H groups in total. The third kappa shape index (κ3) is 5.23. The predicted octanol–water partition coefficient (Wildman–Crippen LogP) is 4.60. The fraction of sp³-hybridized carbons (Fsp3) is 0.0952. The molecule has 31 heavy (non-hydrogen) atoms. The van der Waals surface area contributed by atoms with Crippen LogP contribution in [0.3, 0.4) is 0 Å². The normalized spacial score (nSPS) is 11.5. The van der Waals surface area contributed by atoms with E-state index in [0.717, 1.165) is 17.7 Å². The summed E-state index contributed by atoms with van der Waals surface area (Å²) in [5, 5.41) is 15.1. The zero-order valence-electron chi connectivity index (χ0n) is 16.7. The number of hydrazone groups is 1. The first-order chi connectivity index (χ1) is 14.7. The van der Waals surface area contributed by atoms with E-state index in [-0.39, 0.29) is 16.1 Å². The average molecular weight is 442 g/mol. The third-order valence-electron chi connectivity index (χ3n) is 4.39. The Kier molecular flexibility index (Phi) is 6.30. The Morgan fingerprint density at radius 3 is 2.42 bits per heavy atom. The number of hydrogen-bond donors (Lipinski definition) is 2. The fourth-order valence-electron chi connectivity index (χ4n) is 2.82. The highest BCUT2D eigenvalue weighted by atomic mass is 32.2. The molecule has 0 atom stereocenters. The van der Waals surface area contributed by atoms with Gasteiger partial charge < -0.3 is 0 Å². The first kappa shape index (κ1) is 21.9. The minimum Gasteiger partial charge on any atom is -0.279 e. The molecular weight excluding hydrogens is 423 g/mol. The van der Waals surface area contributed by atoms with Crippen LogP contribution < -0.4 is 10.1 Å². The van der Waals surface area contributed by atoms with Crippen molar-refractivity contribution in [3.8, 4) is 0 Å². The molecule has 0 unspecified atom stereocenters. The molecule has 0 aromatic heterocycles. The summed E-state index contributed by atoms with van der Waals surface area (Å²) in [5.41, 5.74) is 4.32. The summed E-state index contributed by atoms with van der Waals surface area (Å²) in [5.74, 6) is -0.499. The number of nitrogens with zero attached hydrogens (tertiary/aromatic N) is 2. The quantitative estimate of drug-likeness (QED) is 0.315. The lowest BCUT2D eigenvalue weighted by molar-refractivity contribution is -0.385. The smallest absolute Gasteiger partial charge is 0.270 e. The molecule has 3 rings (SSSR count). The standard InChI is InChI=1S/C21H19FN4O4S/c1-14-7-9-19(15(2)11-14)25-31(29,30)21-12-17(26(27)28)8-10-20(21)24-23-13-16-5-3-4-6-18(16)22/h3-13,24-25H,1-2H3/b23-13-. The summed E-state index contributed by atoms with van der Waals surface area (Å²) in [4.78, 5) is 10.1. The summed E-state index contributed by atoms with van der Waals surface area (Å²) >= 11 is 0. The number of non-ortho nitro benzene ring substituents is 1. The zero-order chi connectivity index (χ0) is 22.6. The second kappa shape index (κ2) is 8.92.